The maximum atomic E-state index is 13.3. The Balaban J connectivity index is 2.19. The molecule has 0 fully saturated rings. The average Bonchev–Trinajstić information content (AvgIpc) is 2.49. The minimum Gasteiger partial charge on any atom is -0.494 e. The fraction of sp³-hybridized carbons (Fsp3) is 0.250. The number of hydrogen-bond acceptors (Lipinski definition) is 3. The minimum atomic E-state index is -0.289. The first-order chi connectivity index (χ1) is 10.1. The van der Waals surface area contributed by atoms with Gasteiger partial charge in [-0.1, -0.05) is 12.1 Å². The Morgan fingerprint density at radius 3 is 2.76 bits per heavy atom. The van der Waals surface area contributed by atoms with E-state index in [1.54, 1.807) is 12.1 Å². The third kappa shape index (κ3) is 4.19. The van der Waals surface area contributed by atoms with E-state index in [0.29, 0.717) is 17.6 Å². The summed E-state index contributed by atoms with van der Waals surface area (Å²) in [6.07, 6.45) is 0. The molecule has 0 amide bonds. The normalized spacial score (nSPS) is 12.0. The lowest BCUT2D eigenvalue weighted by Crippen LogP contribution is -2.20. The molecule has 0 heterocycles. The molecule has 0 aliphatic rings. The topological polar surface area (TPSA) is 47.3 Å². The highest BCUT2D eigenvalue weighted by Crippen LogP contribution is 2.25. The van der Waals surface area contributed by atoms with Crippen LogP contribution in [0.4, 0.5) is 10.1 Å². The van der Waals surface area contributed by atoms with Gasteiger partial charge in [0, 0.05) is 12.2 Å². The first-order valence-electron chi connectivity index (χ1n) is 6.78. The summed E-state index contributed by atoms with van der Waals surface area (Å²) < 4.78 is 19.2. The molecule has 0 spiro atoms. The Labute approximate surface area is 132 Å². The van der Waals surface area contributed by atoms with Crippen LogP contribution >= 0.6 is 15.9 Å². The van der Waals surface area contributed by atoms with E-state index in [1.165, 1.54) is 6.07 Å². The molecule has 1 atom stereocenters. The Bertz CT molecular complexity index is 607. The van der Waals surface area contributed by atoms with Crippen molar-refractivity contribution in [2.45, 2.75) is 13.0 Å². The van der Waals surface area contributed by atoms with Gasteiger partial charge in [-0.05, 0) is 58.7 Å². The average molecular weight is 353 g/mol. The summed E-state index contributed by atoms with van der Waals surface area (Å²) in [5, 5.41) is 3.31. The van der Waals surface area contributed by atoms with Crippen molar-refractivity contribution >= 4 is 21.6 Å². The van der Waals surface area contributed by atoms with Crippen LogP contribution in [0.3, 0.4) is 0 Å². The predicted molar refractivity (Wildman–Crippen MR) is 87.1 cm³/mol. The quantitative estimate of drug-likeness (QED) is 0.822. The van der Waals surface area contributed by atoms with E-state index in [0.717, 1.165) is 17.0 Å². The van der Waals surface area contributed by atoms with Crippen molar-refractivity contribution in [2.75, 3.05) is 18.5 Å². The van der Waals surface area contributed by atoms with Crippen LogP contribution in [-0.4, -0.2) is 13.2 Å². The molecule has 2 aromatic carbocycles. The zero-order valence-corrected chi connectivity index (χ0v) is 13.4. The van der Waals surface area contributed by atoms with Crippen molar-refractivity contribution in [2.24, 2.45) is 5.73 Å². The largest absolute Gasteiger partial charge is 0.494 e. The number of nitrogens with one attached hydrogen (secondary N) is 1. The van der Waals surface area contributed by atoms with Crippen LogP contribution in [0, 0.1) is 5.82 Å². The second-order valence-electron chi connectivity index (χ2n) is 4.57. The summed E-state index contributed by atoms with van der Waals surface area (Å²) in [5.41, 5.74) is 7.69. The van der Waals surface area contributed by atoms with Crippen molar-refractivity contribution in [3.05, 3.63) is 58.3 Å². The van der Waals surface area contributed by atoms with Crippen LogP contribution in [0.15, 0.2) is 46.9 Å². The van der Waals surface area contributed by atoms with Crippen molar-refractivity contribution in [3.8, 4) is 5.75 Å². The van der Waals surface area contributed by atoms with E-state index in [4.69, 9.17) is 10.5 Å². The van der Waals surface area contributed by atoms with Crippen LogP contribution in [0.2, 0.25) is 0 Å². The summed E-state index contributed by atoms with van der Waals surface area (Å²) in [6, 6.07) is 12.5. The standard InChI is InChI=1S/C16H18BrFN2O/c1-2-21-13-5-3-4-11(8-13)16(10-19)20-12-6-7-15(18)14(17)9-12/h3-9,16,20H,2,10,19H2,1H3. The monoisotopic (exact) mass is 352 g/mol. The highest BCUT2D eigenvalue weighted by Gasteiger charge is 2.11. The maximum Gasteiger partial charge on any atom is 0.137 e. The second kappa shape index (κ2) is 7.43. The highest BCUT2D eigenvalue weighted by molar-refractivity contribution is 9.10. The van der Waals surface area contributed by atoms with Crippen LogP contribution in [0.5, 0.6) is 5.75 Å². The van der Waals surface area contributed by atoms with Gasteiger partial charge in [-0.3, -0.25) is 0 Å². The van der Waals surface area contributed by atoms with Gasteiger partial charge in [-0.25, -0.2) is 4.39 Å². The van der Waals surface area contributed by atoms with E-state index in [1.807, 2.05) is 31.2 Å². The number of nitrogens with two attached hydrogens (primary N) is 1. The molecule has 0 aromatic heterocycles. The second-order valence-corrected chi connectivity index (χ2v) is 5.42. The van der Waals surface area contributed by atoms with E-state index in [9.17, 15) is 4.39 Å². The fourth-order valence-electron chi connectivity index (χ4n) is 2.05. The summed E-state index contributed by atoms with van der Waals surface area (Å²) in [6.45, 7) is 2.99. The lowest BCUT2D eigenvalue weighted by molar-refractivity contribution is 0.339. The molecule has 0 aliphatic carbocycles. The molecule has 2 aromatic rings. The zero-order chi connectivity index (χ0) is 15.2. The molecule has 0 saturated carbocycles. The Hall–Kier alpha value is -1.59. The molecule has 21 heavy (non-hydrogen) atoms. The lowest BCUT2D eigenvalue weighted by Gasteiger charge is -2.19. The number of anilines is 1. The van der Waals surface area contributed by atoms with Crippen molar-refractivity contribution in [1.82, 2.24) is 0 Å². The molecule has 3 N–H and O–H groups in total. The number of benzene rings is 2. The molecular weight excluding hydrogens is 335 g/mol. The van der Waals surface area contributed by atoms with Gasteiger partial charge >= 0.3 is 0 Å². The van der Waals surface area contributed by atoms with Crippen LogP contribution in [0.25, 0.3) is 0 Å². The number of ether oxygens (including phenoxy) is 1. The van der Waals surface area contributed by atoms with Gasteiger partial charge in [0.1, 0.15) is 11.6 Å². The Morgan fingerprint density at radius 1 is 1.29 bits per heavy atom. The molecule has 0 saturated heterocycles. The smallest absolute Gasteiger partial charge is 0.137 e. The maximum absolute atomic E-state index is 13.3. The molecule has 0 aliphatic heterocycles. The Kier molecular flexibility index (Phi) is 5.59. The van der Waals surface area contributed by atoms with Gasteiger partial charge in [0.05, 0.1) is 17.1 Å². The molecule has 0 radical (unpaired) electrons. The third-order valence-electron chi connectivity index (χ3n) is 3.07. The number of hydrogen-bond donors (Lipinski definition) is 2. The van der Waals surface area contributed by atoms with Gasteiger partial charge < -0.3 is 15.8 Å². The van der Waals surface area contributed by atoms with Gasteiger partial charge in [-0.2, -0.15) is 0 Å². The summed E-state index contributed by atoms with van der Waals surface area (Å²) in [5.74, 6) is 0.527. The van der Waals surface area contributed by atoms with Crippen LogP contribution in [0.1, 0.15) is 18.5 Å². The zero-order valence-electron chi connectivity index (χ0n) is 11.8. The minimum absolute atomic E-state index is 0.0669. The fourth-order valence-corrected chi connectivity index (χ4v) is 2.43. The summed E-state index contributed by atoms with van der Waals surface area (Å²) in [4.78, 5) is 0. The van der Waals surface area contributed by atoms with Gasteiger partial charge in [0.15, 0.2) is 0 Å². The van der Waals surface area contributed by atoms with Crippen LogP contribution in [-0.2, 0) is 0 Å². The van der Waals surface area contributed by atoms with E-state index in [-0.39, 0.29) is 11.9 Å². The van der Waals surface area contributed by atoms with E-state index >= 15 is 0 Å². The highest BCUT2D eigenvalue weighted by atomic mass is 79.9. The summed E-state index contributed by atoms with van der Waals surface area (Å²) in [7, 11) is 0. The van der Waals surface area contributed by atoms with Crippen molar-refractivity contribution in [3.63, 3.8) is 0 Å². The first-order valence-corrected chi connectivity index (χ1v) is 7.57. The third-order valence-corrected chi connectivity index (χ3v) is 3.68. The van der Waals surface area contributed by atoms with Gasteiger partial charge in [0.2, 0.25) is 0 Å². The molecule has 112 valence electrons. The predicted octanol–water partition coefficient (Wildman–Crippen LogP) is 4.10. The molecule has 3 nitrogen and oxygen atoms in total. The van der Waals surface area contributed by atoms with Crippen LogP contribution < -0.4 is 15.8 Å². The van der Waals surface area contributed by atoms with E-state index < -0.39 is 0 Å². The van der Waals surface area contributed by atoms with Crippen molar-refractivity contribution in [1.29, 1.82) is 0 Å². The molecule has 2 rings (SSSR count). The molecule has 1 unspecified atom stereocenters. The number of halogens is 2. The molecular formula is C16H18BrFN2O. The molecule has 0 bridgehead atoms. The lowest BCUT2D eigenvalue weighted by atomic mass is 10.1. The van der Waals surface area contributed by atoms with Gasteiger partial charge in [0.25, 0.3) is 0 Å². The summed E-state index contributed by atoms with van der Waals surface area (Å²) >= 11 is 3.18. The van der Waals surface area contributed by atoms with Crippen molar-refractivity contribution < 1.29 is 9.13 Å². The molecule has 5 heteroatoms. The van der Waals surface area contributed by atoms with Gasteiger partial charge in [-0.15, -0.1) is 0 Å². The van der Waals surface area contributed by atoms with E-state index in [2.05, 4.69) is 21.2 Å². The SMILES string of the molecule is CCOc1cccc(C(CN)Nc2ccc(F)c(Br)c2)c1. The first kappa shape index (κ1) is 15.8. The Morgan fingerprint density at radius 2 is 2.10 bits per heavy atom. The number of rotatable bonds is 6.